The van der Waals surface area contributed by atoms with Crippen LogP contribution in [0, 0.1) is 0 Å². The molecule has 28 heavy (non-hydrogen) atoms. The summed E-state index contributed by atoms with van der Waals surface area (Å²) in [6, 6.07) is 14.1. The molecule has 6 nitrogen and oxygen atoms in total. The Kier molecular flexibility index (Phi) is 8.60. The fraction of sp³-hybridized carbons (Fsp3) is 0.350. The zero-order chi connectivity index (χ0) is 20.4. The Morgan fingerprint density at radius 2 is 1.82 bits per heavy atom. The summed E-state index contributed by atoms with van der Waals surface area (Å²) < 4.78 is 29.7. The topological polar surface area (TPSA) is 79.8 Å². The van der Waals surface area contributed by atoms with E-state index in [-0.39, 0.29) is 5.75 Å². The highest BCUT2D eigenvalue weighted by atomic mass is 35.5. The number of benzene rings is 2. The summed E-state index contributed by atoms with van der Waals surface area (Å²) in [6.07, 6.45) is 1.22. The van der Waals surface area contributed by atoms with Crippen molar-refractivity contribution in [2.45, 2.75) is 17.7 Å². The Bertz CT molecular complexity index is 887. The van der Waals surface area contributed by atoms with Gasteiger partial charge >= 0.3 is 0 Å². The van der Waals surface area contributed by atoms with Crippen LogP contribution in [-0.2, 0) is 16.3 Å². The predicted octanol–water partition coefficient (Wildman–Crippen LogP) is 2.92. The summed E-state index contributed by atoms with van der Waals surface area (Å²) in [5.41, 5.74) is 1.01. The Hall–Kier alpha value is -2.25. The molecule has 0 saturated carbocycles. The first-order chi connectivity index (χ1) is 13.5. The summed E-state index contributed by atoms with van der Waals surface area (Å²) >= 11 is 6.24. The van der Waals surface area contributed by atoms with Gasteiger partial charge in [0.2, 0.25) is 0 Å². The van der Waals surface area contributed by atoms with Crippen LogP contribution in [0.15, 0.2) is 58.4 Å². The molecule has 0 saturated heterocycles. The fourth-order valence-electron chi connectivity index (χ4n) is 2.61. The van der Waals surface area contributed by atoms with E-state index in [2.05, 4.69) is 15.6 Å². The normalized spacial score (nSPS) is 11.9. The molecule has 0 heterocycles. The van der Waals surface area contributed by atoms with Crippen LogP contribution in [0.5, 0.6) is 5.75 Å². The molecule has 0 bridgehead atoms. The smallest absolute Gasteiger partial charge is 0.190 e. The molecule has 0 amide bonds. The lowest BCUT2D eigenvalue weighted by molar-refractivity contribution is 0.414. The quantitative estimate of drug-likeness (QED) is 0.368. The van der Waals surface area contributed by atoms with E-state index < -0.39 is 9.84 Å². The van der Waals surface area contributed by atoms with Crippen molar-refractivity contribution in [3.8, 4) is 5.75 Å². The van der Waals surface area contributed by atoms with Gasteiger partial charge < -0.3 is 15.4 Å². The van der Waals surface area contributed by atoms with Gasteiger partial charge in [-0.15, -0.1) is 0 Å². The lowest BCUT2D eigenvalue weighted by Gasteiger charge is -2.13. The van der Waals surface area contributed by atoms with E-state index in [1.807, 2.05) is 12.1 Å². The van der Waals surface area contributed by atoms with Crippen molar-refractivity contribution in [1.29, 1.82) is 0 Å². The van der Waals surface area contributed by atoms with E-state index in [9.17, 15) is 8.42 Å². The first-order valence-electron chi connectivity index (χ1n) is 9.01. The monoisotopic (exact) mass is 423 g/mol. The van der Waals surface area contributed by atoms with Crippen LogP contribution >= 0.6 is 11.6 Å². The van der Waals surface area contributed by atoms with Crippen molar-refractivity contribution in [2.75, 3.05) is 33.0 Å². The molecule has 0 spiro atoms. The fourth-order valence-corrected chi connectivity index (χ4v) is 4.21. The van der Waals surface area contributed by atoms with Crippen LogP contribution in [0.4, 0.5) is 0 Å². The lowest BCUT2D eigenvalue weighted by atomic mass is 10.1. The zero-order valence-corrected chi connectivity index (χ0v) is 17.7. The molecule has 0 atom stereocenters. The third kappa shape index (κ3) is 6.73. The SMILES string of the molecule is CN=C(NCCCS(=O)(=O)c1ccccc1)NCCc1ccc(OC)cc1Cl. The summed E-state index contributed by atoms with van der Waals surface area (Å²) in [5.74, 6) is 1.44. The van der Waals surface area contributed by atoms with E-state index in [0.717, 1.165) is 17.7 Å². The summed E-state index contributed by atoms with van der Waals surface area (Å²) in [7, 11) is 0.0281. The zero-order valence-electron chi connectivity index (χ0n) is 16.1. The number of aliphatic imine (C=N–C) groups is 1. The number of hydrogen-bond acceptors (Lipinski definition) is 4. The molecule has 152 valence electrons. The highest BCUT2D eigenvalue weighted by Gasteiger charge is 2.13. The molecule has 0 aliphatic heterocycles. The largest absolute Gasteiger partial charge is 0.497 e. The minimum atomic E-state index is -3.25. The van der Waals surface area contributed by atoms with E-state index in [0.29, 0.717) is 35.4 Å². The summed E-state index contributed by atoms with van der Waals surface area (Å²) in [4.78, 5) is 4.51. The molecular formula is C20H26ClN3O3S. The van der Waals surface area contributed by atoms with Crippen LogP contribution < -0.4 is 15.4 Å². The van der Waals surface area contributed by atoms with E-state index in [4.69, 9.17) is 16.3 Å². The van der Waals surface area contributed by atoms with Crippen molar-refractivity contribution in [1.82, 2.24) is 10.6 Å². The molecule has 2 aromatic rings. The second kappa shape index (κ2) is 10.9. The van der Waals surface area contributed by atoms with Gasteiger partial charge in [0.25, 0.3) is 0 Å². The number of rotatable bonds is 9. The molecule has 8 heteroatoms. The molecule has 0 aliphatic rings. The molecule has 2 aromatic carbocycles. The van der Waals surface area contributed by atoms with Gasteiger partial charge in [-0.25, -0.2) is 8.42 Å². The van der Waals surface area contributed by atoms with E-state index in [1.54, 1.807) is 50.6 Å². The maximum Gasteiger partial charge on any atom is 0.190 e. The van der Waals surface area contributed by atoms with Gasteiger partial charge in [0.15, 0.2) is 15.8 Å². The third-order valence-corrected chi connectivity index (χ3v) is 6.32. The molecule has 0 unspecified atom stereocenters. The molecule has 0 fully saturated rings. The second-order valence-electron chi connectivity index (χ2n) is 6.12. The first kappa shape index (κ1) is 22.0. The van der Waals surface area contributed by atoms with Gasteiger partial charge in [-0.1, -0.05) is 35.9 Å². The van der Waals surface area contributed by atoms with Crippen molar-refractivity contribution in [3.05, 3.63) is 59.1 Å². The Balaban J connectivity index is 1.73. The average Bonchev–Trinajstić information content (AvgIpc) is 2.71. The van der Waals surface area contributed by atoms with Crippen molar-refractivity contribution >= 4 is 27.4 Å². The maximum atomic E-state index is 12.3. The van der Waals surface area contributed by atoms with Crippen molar-refractivity contribution in [3.63, 3.8) is 0 Å². The van der Waals surface area contributed by atoms with E-state index in [1.165, 1.54) is 0 Å². The molecule has 0 radical (unpaired) electrons. The summed E-state index contributed by atoms with van der Waals surface area (Å²) in [6.45, 7) is 1.16. The van der Waals surface area contributed by atoms with Gasteiger partial charge in [0.1, 0.15) is 5.75 Å². The molecule has 0 aliphatic carbocycles. The number of halogens is 1. The van der Waals surface area contributed by atoms with Gasteiger partial charge in [0, 0.05) is 25.2 Å². The molecule has 2 N–H and O–H groups in total. The van der Waals surface area contributed by atoms with Crippen LogP contribution in [-0.4, -0.2) is 47.4 Å². The first-order valence-corrected chi connectivity index (χ1v) is 11.0. The van der Waals surface area contributed by atoms with Crippen LogP contribution in [0.1, 0.15) is 12.0 Å². The number of nitrogens with zero attached hydrogens (tertiary/aromatic N) is 1. The highest BCUT2D eigenvalue weighted by molar-refractivity contribution is 7.91. The number of hydrogen-bond donors (Lipinski definition) is 2. The van der Waals surface area contributed by atoms with Crippen LogP contribution in [0.3, 0.4) is 0 Å². The average molecular weight is 424 g/mol. The Morgan fingerprint density at radius 1 is 1.11 bits per heavy atom. The lowest BCUT2D eigenvalue weighted by Crippen LogP contribution is -2.39. The number of sulfone groups is 1. The molecule has 2 rings (SSSR count). The predicted molar refractivity (Wildman–Crippen MR) is 114 cm³/mol. The van der Waals surface area contributed by atoms with Gasteiger partial charge in [-0.2, -0.15) is 0 Å². The Morgan fingerprint density at radius 3 is 2.46 bits per heavy atom. The van der Waals surface area contributed by atoms with Crippen molar-refractivity contribution in [2.24, 2.45) is 4.99 Å². The van der Waals surface area contributed by atoms with Crippen molar-refractivity contribution < 1.29 is 13.2 Å². The molecule has 0 aromatic heterocycles. The van der Waals surface area contributed by atoms with Gasteiger partial charge in [-0.05, 0) is 42.7 Å². The minimum absolute atomic E-state index is 0.0858. The van der Waals surface area contributed by atoms with Crippen LogP contribution in [0.25, 0.3) is 0 Å². The summed E-state index contributed by atoms with van der Waals surface area (Å²) in [5, 5.41) is 7.00. The third-order valence-electron chi connectivity index (χ3n) is 4.16. The van der Waals surface area contributed by atoms with Gasteiger partial charge in [-0.3, -0.25) is 4.99 Å². The van der Waals surface area contributed by atoms with Gasteiger partial charge in [0.05, 0.1) is 17.8 Å². The number of ether oxygens (including phenoxy) is 1. The number of nitrogens with one attached hydrogen (secondary N) is 2. The number of guanidine groups is 1. The number of methoxy groups -OCH3 is 1. The van der Waals surface area contributed by atoms with E-state index >= 15 is 0 Å². The molecular weight excluding hydrogens is 398 g/mol. The second-order valence-corrected chi connectivity index (χ2v) is 8.63. The maximum absolute atomic E-state index is 12.3. The highest BCUT2D eigenvalue weighted by Crippen LogP contribution is 2.22. The standard InChI is InChI=1S/C20H26ClN3O3S/c1-22-20(24-13-11-16-9-10-17(27-2)15-19(16)21)23-12-6-14-28(25,26)18-7-4-3-5-8-18/h3-5,7-10,15H,6,11-14H2,1-2H3,(H2,22,23,24). The van der Waals surface area contributed by atoms with Crippen LogP contribution in [0.2, 0.25) is 5.02 Å². The Labute approximate surface area is 171 Å². The minimum Gasteiger partial charge on any atom is -0.497 e.